The third-order valence-electron chi connectivity index (χ3n) is 3.88. The van der Waals surface area contributed by atoms with E-state index in [9.17, 15) is 13.6 Å². The van der Waals surface area contributed by atoms with Crippen molar-refractivity contribution >= 4 is 23.5 Å². The highest BCUT2D eigenvalue weighted by atomic mass is 35.5. The highest BCUT2D eigenvalue weighted by molar-refractivity contribution is 6.31. The average Bonchev–Trinajstić information content (AvgIpc) is 2.87. The molecule has 0 radical (unpaired) electrons. The number of benzene rings is 2. The maximum absolute atomic E-state index is 13.7. The largest absolute Gasteiger partial charge is 0.289 e. The minimum atomic E-state index is -0.901. The number of allylic oxidation sites excluding steroid dienone is 1. The molecule has 0 aliphatic carbocycles. The maximum atomic E-state index is 13.7. The van der Waals surface area contributed by atoms with E-state index in [0.717, 1.165) is 17.7 Å². The minimum Gasteiger partial charge on any atom is -0.289 e. The smallest absolute Gasteiger partial charge is 0.188 e. The summed E-state index contributed by atoms with van der Waals surface area (Å²) in [7, 11) is 0. The van der Waals surface area contributed by atoms with E-state index in [-0.39, 0.29) is 5.56 Å². The first-order valence-electron chi connectivity index (χ1n) is 7.90. The van der Waals surface area contributed by atoms with Crippen molar-refractivity contribution < 1.29 is 13.6 Å². The summed E-state index contributed by atoms with van der Waals surface area (Å²) in [6.45, 7) is 2.27. The Morgan fingerprint density at radius 1 is 1.19 bits per heavy atom. The monoisotopic (exact) mass is 372 g/mol. The molecule has 0 N–H and O–H groups in total. The number of aromatic nitrogens is 2. The zero-order valence-corrected chi connectivity index (χ0v) is 14.7. The van der Waals surface area contributed by atoms with E-state index in [1.807, 2.05) is 30.3 Å². The van der Waals surface area contributed by atoms with Crippen molar-refractivity contribution in [2.75, 3.05) is 0 Å². The predicted molar refractivity (Wildman–Crippen MR) is 97.2 cm³/mol. The van der Waals surface area contributed by atoms with Gasteiger partial charge in [-0.25, -0.2) is 13.5 Å². The predicted octanol–water partition coefficient (Wildman–Crippen LogP) is 5.07. The number of ketones is 1. The van der Waals surface area contributed by atoms with Crippen LogP contribution >= 0.6 is 11.6 Å². The SMILES string of the molecule is Cc1nn(Cc2ccccc2)c(Cl)c1/C=C/C(=O)c1ccc(F)cc1F. The number of carbonyl (C=O) groups excluding carboxylic acids is 1. The molecule has 2 aromatic carbocycles. The third-order valence-corrected chi connectivity index (χ3v) is 4.28. The number of nitrogens with zero attached hydrogens (tertiary/aromatic N) is 2. The topological polar surface area (TPSA) is 34.9 Å². The molecule has 3 rings (SSSR count). The Balaban J connectivity index is 1.83. The van der Waals surface area contributed by atoms with Gasteiger partial charge in [0, 0.05) is 11.6 Å². The average molecular weight is 373 g/mol. The first-order valence-corrected chi connectivity index (χ1v) is 8.28. The van der Waals surface area contributed by atoms with Gasteiger partial charge >= 0.3 is 0 Å². The molecule has 3 nitrogen and oxygen atoms in total. The van der Waals surface area contributed by atoms with E-state index >= 15 is 0 Å². The molecule has 0 spiro atoms. The molecule has 132 valence electrons. The van der Waals surface area contributed by atoms with Crippen LogP contribution < -0.4 is 0 Å². The molecule has 0 unspecified atom stereocenters. The summed E-state index contributed by atoms with van der Waals surface area (Å²) in [5.74, 6) is -2.21. The van der Waals surface area contributed by atoms with E-state index < -0.39 is 17.4 Å². The summed E-state index contributed by atoms with van der Waals surface area (Å²) in [6.07, 6.45) is 2.70. The van der Waals surface area contributed by atoms with Gasteiger partial charge in [-0.05, 0) is 36.8 Å². The Morgan fingerprint density at radius 2 is 1.92 bits per heavy atom. The Morgan fingerprint density at radius 3 is 2.62 bits per heavy atom. The molecular formula is C20H15ClF2N2O. The van der Waals surface area contributed by atoms with E-state index in [1.54, 1.807) is 11.6 Å². The van der Waals surface area contributed by atoms with Crippen LogP contribution in [0.3, 0.4) is 0 Å². The van der Waals surface area contributed by atoms with Crippen molar-refractivity contribution in [3.8, 4) is 0 Å². The molecule has 1 heterocycles. The lowest BCUT2D eigenvalue weighted by atomic mass is 10.1. The molecule has 0 fully saturated rings. The van der Waals surface area contributed by atoms with Crippen LogP contribution in [-0.4, -0.2) is 15.6 Å². The van der Waals surface area contributed by atoms with E-state index in [0.29, 0.717) is 29.0 Å². The zero-order chi connectivity index (χ0) is 18.7. The molecule has 1 aromatic heterocycles. The van der Waals surface area contributed by atoms with Gasteiger partial charge in [-0.2, -0.15) is 5.10 Å². The van der Waals surface area contributed by atoms with Crippen molar-refractivity contribution in [1.82, 2.24) is 9.78 Å². The van der Waals surface area contributed by atoms with Crippen molar-refractivity contribution in [2.45, 2.75) is 13.5 Å². The molecule has 0 aliphatic heterocycles. The molecule has 0 amide bonds. The van der Waals surface area contributed by atoms with Crippen molar-refractivity contribution in [3.63, 3.8) is 0 Å². The lowest BCUT2D eigenvalue weighted by molar-refractivity contribution is 0.104. The highest BCUT2D eigenvalue weighted by Gasteiger charge is 2.13. The first-order chi connectivity index (χ1) is 12.5. The van der Waals surface area contributed by atoms with Crippen LogP contribution in [0.2, 0.25) is 5.15 Å². The second-order valence-corrected chi connectivity index (χ2v) is 6.11. The zero-order valence-electron chi connectivity index (χ0n) is 13.9. The van der Waals surface area contributed by atoms with Gasteiger partial charge in [0.1, 0.15) is 16.8 Å². The lowest BCUT2D eigenvalue weighted by Gasteiger charge is -2.03. The van der Waals surface area contributed by atoms with Crippen LogP contribution in [-0.2, 0) is 6.54 Å². The summed E-state index contributed by atoms with van der Waals surface area (Å²) in [6, 6.07) is 12.5. The number of halogens is 3. The Bertz CT molecular complexity index is 981. The maximum Gasteiger partial charge on any atom is 0.188 e. The Hall–Kier alpha value is -2.79. The Kier molecular flexibility index (Phi) is 5.28. The fraction of sp³-hybridized carbons (Fsp3) is 0.100. The number of carbonyl (C=O) groups is 1. The highest BCUT2D eigenvalue weighted by Crippen LogP contribution is 2.23. The summed E-state index contributed by atoms with van der Waals surface area (Å²) in [5, 5.41) is 4.77. The second kappa shape index (κ2) is 7.62. The lowest BCUT2D eigenvalue weighted by Crippen LogP contribution is -2.01. The van der Waals surface area contributed by atoms with Gasteiger partial charge < -0.3 is 0 Å². The summed E-state index contributed by atoms with van der Waals surface area (Å²) in [4.78, 5) is 12.2. The van der Waals surface area contributed by atoms with Crippen LogP contribution in [0.1, 0.15) is 27.2 Å². The molecule has 0 bridgehead atoms. The fourth-order valence-corrected chi connectivity index (χ4v) is 2.85. The van der Waals surface area contributed by atoms with Gasteiger partial charge in [-0.1, -0.05) is 41.9 Å². The quantitative estimate of drug-likeness (QED) is 0.463. The van der Waals surface area contributed by atoms with E-state index in [1.165, 1.54) is 12.2 Å². The third kappa shape index (κ3) is 3.89. The molecule has 0 saturated carbocycles. The van der Waals surface area contributed by atoms with Crippen LogP contribution in [0.25, 0.3) is 6.08 Å². The van der Waals surface area contributed by atoms with Crippen molar-refractivity contribution in [1.29, 1.82) is 0 Å². The van der Waals surface area contributed by atoms with Gasteiger partial charge in [-0.3, -0.25) is 4.79 Å². The van der Waals surface area contributed by atoms with Crippen LogP contribution in [0, 0.1) is 18.6 Å². The normalized spacial score (nSPS) is 11.2. The molecule has 3 aromatic rings. The number of hydrogen-bond donors (Lipinski definition) is 0. The summed E-state index contributed by atoms with van der Waals surface area (Å²) < 4.78 is 28.3. The molecule has 0 saturated heterocycles. The molecular weight excluding hydrogens is 358 g/mol. The number of rotatable bonds is 5. The van der Waals surface area contributed by atoms with E-state index in [4.69, 9.17) is 11.6 Å². The first kappa shape index (κ1) is 18.0. The van der Waals surface area contributed by atoms with Gasteiger partial charge in [0.15, 0.2) is 5.78 Å². The van der Waals surface area contributed by atoms with E-state index in [2.05, 4.69) is 5.10 Å². The standard InChI is InChI=1S/C20H15ClF2N2O/c1-13-16(9-10-19(26)17-8-7-15(22)11-18(17)23)20(21)25(24-13)12-14-5-3-2-4-6-14/h2-11H,12H2,1H3/b10-9+. The summed E-state index contributed by atoms with van der Waals surface area (Å²) >= 11 is 6.38. The fourth-order valence-electron chi connectivity index (χ4n) is 2.56. The van der Waals surface area contributed by atoms with Crippen LogP contribution in [0.4, 0.5) is 8.78 Å². The molecule has 0 aliphatic rings. The van der Waals surface area contributed by atoms with Crippen molar-refractivity contribution in [3.05, 3.63) is 93.8 Å². The number of hydrogen-bond acceptors (Lipinski definition) is 2. The van der Waals surface area contributed by atoms with Gasteiger partial charge in [-0.15, -0.1) is 0 Å². The van der Waals surface area contributed by atoms with Gasteiger partial charge in [0.25, 0.3) is 0 Å². The summed E-state index contributed by atoms with van der Waals surface area (Å²) in [5.41, 5.74) is 2.07. The Labute approximate surface area is 154 Å². The molecule has 6 heteroatoms. The number of aryl methyl sites for hydroxylation is 1. The molecule has 0 atom stereocenters. The van der Waals surface area contributed by atoms with Crippen molar-refractivity contribution in [2.24, 2.45) is 0 Å². The van der Waals surface area contributed by atoms with Gasteiger partial charge in [0.2, 0.25) is 0 Å². The van der Waals surface area contributed by atoms with Gasteiger partial charge in [0.05, 0.1) is 17.8 Å². The van der Waals surface area contributed by atoms with Crippen LogP contribution in [0.5, 0.6) is 0 Å². The molecule has 26 heavy (non-hydrogen) atoms. The van der Waals surface area contributed by atoms with Crippen LogP contribution in [0.15, 0.2) is 54.6 Å². The second-order valence-electron chi connectivity index (χ2n) is 5.75. The minimum absolute atomic E-state index is 0.201.